The summed E-state index contributed by atoms with van der Waals surface area (Å²) in [7, 11) is 1.60. The maximum Gasteiger partial charge on any atom is 0.185 e. The third-order valence-electron chi connectivity index (χ3n) is 3.03. The Labute approximate surface area is 130 Å². The molecule has 0 saturated heterocycles. The fraction of sp³-hybridized carbons (Fsp3) is 0.105. The number of ketones is 1. The summed E-state index contributed by atoms with van der Waals surface area (Å²) in [6.07, 6.45) is 5.01. The molecule has 0 bridgehead atoms. The van der Waals surface area contributed by atoms with Crippen LogP contribution in [0.2, 0.25) is 0 Å². The van der Waals surface area contributed by atoms with Crippen LogP contribution in [0.15, 0.2) is 67.3 Å². The molecule has 0 atom stereocenters. The van der Waals surface area contributed by atoms with Crippen molar-refractivity contribution in [3.8, 4) is 11.5 Å². The molecule has 0 aliphatic rings. The maximum absolute atomic E-state index is 12.1. The molecule has 2 aromatic rings. The fourth-order valence-electron chi connectivity index (χ4n) is 1.89. The van der Waals surface area contributed by atoms with Crippen LogP contribution in [-0.4, -0.2) is 19.5 Å². The molecule has 0 saturated carbocycles. The van der Waals surface area contributed by atoms with Crippen molar-refractivity contribution in [1.29, 1.82) is 0 Å². The minimum absolute atomic E-state index is 0.0555. The second kappa shape index (κ2) is 7.84. The highest BCUT2D eigenvalue weighted by atomic mass is 16.5. The van der Waals surface area contributed by atoms with Gasteiger partial charge in [0.1, 0.15) is 18.1 Å². The van der Waals surface area contributed by atoms with Crippen molar-refractivity contribution in [2.24, 2.45) is 0 Å². The molecule has 0 spiro atoms. The van der Waals surface area contributed by atoms with Gasteiger partial charge in [-0.1, -0.05) is 30.9 Å². The smallest absolute Gasteiger partial charge is 0.185 e. The molecule has 0 unspecified atom stereocenters. The molecule has 0 aliphatic heterocycles. The first kappa shape index (κ1) is 15.6. The van der Waals surface area contributed by atoms with Crippen molar-refractivity contribution in [3.05, 3.63) is 78.4 Å². The van der Waals surface area contributed by atoms with Gasteiger partial charge in [-0.3, -0.25) is 4.79 Å². The van der Waals surface area contributed by atoms with E-state index in [0.717, 1.165) is 17.1 Å². The summed E-state index contributed by atoms with van der Waals surface area (Å²) >= 11 is 0. The molecule has 2 rings (SSSR count). The van der Waals surface area contributed by atoms with E-state index in [1.54, 1.807) is 49.6 Å². The van der Waals surface area contributed by atoms with E-state index in [9.17, 15) is 4.79 Å². The Morgan fingerprint density at radius 3 is 2.59 bits per heavy atom. The van der Waals surface area contributed by atoms with Gasteiger partial charge in [-0.25, -0.2) is 0 Å². The second-order valence-corrected chi connectivity index (χ2v) is 4.60. The predicted molar refractivity (Wildman–Crippen MR) is 88.5 cm³/mol. The molecule has 0 N–H and O–H groups in total. The summed E-state index contributed by atoms with van der Waals surface area (Å²) in [4.78, 5) is 12.1. The van der Waals surface area contributed by atoms with Crippen molar-refractivity contribution < 1.29 is 14.3 Å². The van der Waals surface area contributed by atoms with Gasteiger partial charge in [0.2, 0.25) is 0 Å². The number of carbonyl (C=O) groups is 1. The van der Waals surface area contributed by atoms with Crippen molar-refractivity contribution in [2.75, 3.05) is 13.7 Å². The van der Waals surface area contributed by atoms with Gasteiger partial charge >= 0.3 is 0 Å². The average Bonchev–Trinajstić information content (AvgIpc) is 2.58. The van der Waals surface area contributed by atoms with Gasteiger partial charge in [-0.2, -0.15) is 0 Å². The van der Waals surface area contributed by atoms with E-state index < -0.39 is 0 Å². The van der Waals surface area contributed by atoms with Crippen LogP contribution in [0.3, 0.4) is 0 Å². The first-order valence-electron chi connectivity index (χ1n) is 6.93. The van der Waals surface area contributed by atoms with Gasteiger partial charge in [0.25, 0.3) is 0 Å². The lowest BCUT2D eigenvalue weighted by Crippen LogP contribution is -1.94. The van der Waals surface area contributed by atoms with Crippen molar-refractivity contribution in [3.63, 3.8) is 0 Å². The van der Waals surface area contributed by atoms with E-state index >= 15 is 0 Å². The monoisotopic (exact) mass is 294 g/mol. The van der Waals surface area contributed by atoms with Gasteiger partial charge < -0.3 is 9.47 Å². The minimum Gasteiger partial charge on any atom is -0.497 e. The molecule has 0 radical (unpaired) electrons. The zero-order valence-electron chi connectivity index (χ0n) is 12.5. The van der Waals surface area contributed by atoms with Crippen molar-refractivity contribution in [1.82, 2.24) is 0 Å². The highest BCUT2D eigenvalue weighted by Crippen LogP contribution is 2.16. The number of carbonyl (C=O) groups excluding carboxylic acids is 1. The Hall–Kier alpha value is -2.81. The number of benzene rings is 2. The molecular weight excluding hydrogens is 276 g/mol. The fourth-order valence-corrected chi connectivity index (χ4v) is 1.89. The average molecular weight is 294 g/mol. The van der Waals surface area contributed by atoms with Gasteiger partial charge in [0.15, 0.2) is 5.78 Å². The SMILES string of the molecule is C=CCOc1cccc(/C=C/C(=O)c2ccc(OC)cc2)c1. The molecule has 0 aromatic heterocycles. The quantitative estimate of drug-likeness (QED) is 0.437. The minimum atomic E-state index is -0.0555. The van der Waals surface area contributed by atoms with Gasteiger partial charge in [-0.05, 0) is 48.0 Å². The number of hydrogen-bond acceptors (Lipinski definition) is 3. The first-order valence-corrected chi connectivity index (χ1v) is 6.93. The number of allylic oxidation sites excluding steroid dienone is 1. The summed E-state index contributed by atoms with van der Waals surface area (Å²) in [5.74, 6) is 1.42. The molecule has 112 valence electrons. The predicted octanol–water partition coefficient (Wildman–Crippen LogP) is 4.16. The van der Waals surface area contributed by atoms with Crippen LogP contribution < -0.4 is 9.47 Å². The van der Waals surface area contributed by atoms with E-state index in [1.165, 1.54) is 0 Å². The van der Waals surface area contributed by atoms with E-state index in [1.807, 2.05) is 24.3 Å². The highest BCUT2D eigenvalue weighted by Gasteiger charge is 2.02. The Morgan fingerprint density at radius 1 is 1.14 bits per heavy atom. The highest BCUT2D eigenvalue weighted by molar-refractivity contribution is 6.06. The van der Waals surface area contributed by atoms with Crippen LogP contribution in [0, 0.1) is 0 Å². The lowest BCUT2D eigenvalue weighted by molar-refractivity contribution is 0.104. The largest absolute Gasteiger partial charge is 0.497 e. The van der Waals surface area contributed by atoms with Gasteiger partial charge in [0.05, 0.1) is 7.11 Å². The molecule has 22 heavy (non-hydrogen) atoms. The standard InChI is InChI=1S/C19H18O3/c1-3-13-22-18-6-4-5-15(14-18)7-12-19(20)16-8-10-17(21-2)11-9-16/h3-12,14H,1,13H2,2H3/b12-7+. The summed E-state index contributed by atoms with van der Waals surface area (Å²) in [5.41, 5.74) is 1.53. The lowest BCUT2D eigenvalue weighted by Gasteiger charge is -2.03. The summed E-state index contributed by atoms with van der Waals surface area (Å²) in [6, 6.07) is 14.6. The first-order chi connectivity index (χ1) is 10.7. The normalized spacial score (nSPS) is 10.4. The van der Waals surface area contributed by atoms with Gasteiger partial charge in [-0.15, -0.1) is 0 Å². The second-order valence-electron chi connectivity index (χ2n) is 4.60. The molecule has 0 heterocycles. The van der Waals surface area contributed by atoms with Gasteiger partial charge in [0, 0.05) is 5.56 Å². The van der Waals surface area contributed by atoms with Crippen LogP contribution in [-0.2, 0) is 0 Å². The van der Waals surface area contributed by atoms with Crippen molar-refractivity contribution >= 4 is 11.9 Å². The maximum atomic E-state index is 12.1. The van der Waals surface area contributed by atoms with E-state index in [-0.39, 0.29) is 5.78 Å². The molecule has 0 fully saturated rings. The van der Waals surface area contributed by atoms with E-state index in [2.05, 4.69) is 6.58 Å². The number of methoxy groups -OCH3 is 1. The third-order valence-corrected chi connectivity index (χ3v) is 3.03. The topological polar surface area (TPSA) is 35.5 Å². The molecule has 0 amide bonds. The van der Waals surface area contributed by atoms with Crippen LogP contribution >= 0.6 is 0 Å². The van der Waals surface area contributed by atoms with Crippen LogP contribution in [0.1, 0.15) is 15.9 Å². The molecule has 3 nitrogen and oxygen atoms in total. The van der Waals surface area contributed by atoms with E-state index in [4.69, 9.17) is 9.47 Å². The summed E-state index contributed by atoms with van der Waals surface area (Å²) < 4.78 is 10.5. The molecule has 0 aliphatic carbocycles. The zero-order valence-corrected chi connectivity index (χ0v) is 12.5. The number of hydrogen-bond donors (Lipinski definition) is 0. The summed E-state index contributed by atoms with van der Waals surface area (Å²) in [6.45, 7) is 4.07. The Balaban J connectivity index is 2.06. The molecule has 2 aromatic carbocycles. The molecule has 3 heteroatoms. The van der Waals surface area contributed by atoms with Crippen molar-refractivity contribution in [2.45, 2.75) is 0 Å². The van der Waals surface area contributed by atoms with Crippen LogP contribution in [0.5, 0.6) is 11.5 Å². The number of ether oxygens (including phenoxy) is 2. The lowest BCUT2D eigenvalue weighted by atomic mass is 10.1. The molecular formula is C19H18O3. The van der Waals surface area contributed by atoms with Crippen LogP contribution in [0.25, 0.3) is 6.08 Å². The number of rotatable bonds is 7. The Kier molecular flexibility index (Phi) is 5.55. The van der Waals surface area contributed by atoms with Crippen LogP contribution in [0.4, 0.5) is 0 Å². The third kappa shape index (κ3) is 4.35. The summed E-state index contributed by atoms with van der Waals surface area (Å²) in [5, 5.41) is 0. The zero-order chi connectivity index (χ0) is 15.8. The Morgan fingerprint density at radius 2 is 1.91 bits per heavy atom. The Bertz CT molecular complexity index is 669. The van der Waals surface area contributed by atoms with E-state index in [0.29, 0.717) is 12.2 Å².